The summed E-state index contributed by atoms with van der Waals surface area (Å²) >= 11 is 0. The Hall–Kier alpha value is -2.64. The lowest BCUT2D eigenvalue weighted by molar-refractivity contribution is -0.145. The molecule has 0 radical (unpaired) electrons. The van der Waals surface area contributed by atoms with Gasteiger partial charge >= 0.3 is 12.0 Å². The number of methoxy groups -OCH3 is 1. The third-order valence-electron chi connectivity index (χ3n) is 5.01. The van der Waals surface area contributed by atoms with Crippen molar-refractivity contribution in [3.8, 4) is 0 Å². The van der Waals surface area contributed by atoms with Gasteiger partial charge in [-0.2, -0.15) is 0 Å². The molecule has 8 nitrogen and oxygen atoms in total. The van der Waals surface area contributed by atoms with Gasteiger partial charge in [0.25, 0.3) is 5.91 Å². The van der Waals surface area contributed by atoms with Gasteiger partial charge in [-0.3, -0.25) is 9.78 Å². The van der Waals surface area contributed by atoms with Crippen LogP contribution in [0.25, 0.3) is 0 Å². The first-order chi connectivity index (χ1) is 12.4. The number of urea groups is 1. The molecule has 0 aromatic carbocycles. The molecular formula is C18H24N4O4. The number of ether oxygens (including phenoxy) is 1. The first-order valence-electron chi connectivity index (χ1n) is 8.74. The third kappa shape index (κ3) is 3.23. The number of aromatic nitrogens is 1. The second-order valence-corrected chi connectivity index (χ2v) is 6.85. The molecule has 0 aliphatic carbocycles. The molecule has 1 aromatic heterocycles. The molecule has 3 amide bonds. The molecule has 3 heterocycles. The SMILES string of the molecule is COC(=O)C1CCCN1C(=O)c1cncc2c1CCN(C(=O)N(C)C)C2. The lowest BCUT2D eigenvalue weighted by Gasteiger charge is -2.32. The van der Waals surface area contributed by atoms with Crippen LogP contribution >= 0.6 is 0 Å². The van der Waals surface area contributed by atoms with E-state index in [0.717, 1.165) is 17.5 Å². The highest BCUT2D eigenvalue weighted by Gasteiger charge is 2.37. The van der Waals surface area contributed by atoms with Gasteiger partial charge in [0.15, 0.2) is 0 Å². The third-order valence-corrected chi connectivity index (χ3v) is 5.01. The largest absolute Gasteiger partial charge is 0.467 e. The number of esters is 1. The number of likely N-dealkylation sites (tertiary alicyclic amines) is 1. The normalized spacial score (nSPS) is 19.1. The van der Waals surface area contributed by atoms with Gasteiger partial charge in [0.1, 0.15) is 6.04 Å². The van der Waals surface area contributed by atoms with Gasteiger partial charge in [-0.05, 0) is 30.4 Å². The van der Waals surface area contributed by atoms with Crippen molar-refractivity contribution in [2.75, 3.05) is 34.3 Å². The van der Waals surface area contributed by atoms with E-state index in [9.17, 15) is 14.4 Å². The van der Waals surface area contributed by atoms with E-state index in [0.29, 0.717) is 38.0 Å². The maximum Gasteiger partial charge on any atom is 0.328 e. The number of amides is 3. The summed E-state index contributed by atoms with van der Waals surface area (Å²) in [6, 6.07) is -0.587. The Bertz CT molecular complexity index is 734. The van der Waals surface area contributed by atoms with E-state index in [1.807, 2.05) is 0 Å². The monoisotopic (exact) mass is 360 g/mol. The van der Waals surface area contributed by atoms with Gasteiger partial charge in [0, 0.05) is 46.1 Å². The zero-order valence-corrected chi connectivity index (χ0v) is 15.4. The van der Waals surface area contributed by atoms with Crippen LogP contribution in [-0.4, -0.2) is 77.9 Å². The minimum atomic E-state index is -0.529. The standard InChI is InChI=1S/C18H24N4O4/c1-20(2)18(25)21-8-6-13-12(11-21)9-19-10-14(13)16(23)22-7-4-5-15(22)17(24)26-3/h9-10,15H,4-8,11H2,1-3H3. The number of pyridine rings is 1. The van der Waals surface area contributed by atoms with Gasteiger partial charge in [-0.25, -0.2) is 9.59 Å². The second-order valence-electron chi connectivity index (χ2n) is 6.85. The van der Waals surface area contributed by atoms with Crippen molar-refractivity contribution >= 4 is 17.9 Å². The van der Waals surface area contributed by atoms with Crippen LogP contribution in [0.15, 0.2) is 12.4 Å². The van der Waals surface area contributed by atoms with Gasteiger partial charge in [-0.15, -0.1) is 0 Å². The van der Waals surface area contributed by atoms with Crippen molar-refractivity contribution in [3.63, 3.8) is 0 Å². The molecule has 1 unspecified atom stereocenters. The summed E-state index contributed by atoms with van der Waals surface area (Å²) < 4.78 is 4.83. The Morgan fingerprint density at radius 2 is 2.00 bits per heavy atom. The Morgan fingerprint density at radius 3 is 2.69 bits per heavy atom. The van der Waals surface area contributed by atoms with E-state index in [2.05, 4.69) is 4.98 Å². The molecule has 0 saturated carbocycles. The predicted octanol–water partition coefficient (Wildman–Crippen LogP) is 0.899. The molecule has 1 fully saturated rings. The Kier molecular flexibility index (Phi) is 5.11. The molecule has 2 aliphatic rings. The first kappa shape index (κ1) is 18.2. The maximum absolute atomic E-state index is 13.1. The number of carbonyl (C=O) groups excluding carboxylic acids is 3. The molecule has 3 rings (SSSR count). The highest BCUT2D eigenvalue weighted by atomic mass is 16.5. The Labute approximate surface area is 152 Å². The molecule has 2 aliphatic heterocycles. The van der Waals surface area contributed by atoms with Gasteiger partial charge in [-0.1, -0.05) is 0 Å². The van der Waals surface area contributed by atoms with E-state index < -0.39 is 6.04 Å². The zero-order chi connectivity index (χ0) is 18.8. The Balaban J connectivity index is 1.85. The molecule has 26 heavy (non-hydrogen) atoms. The van der Waals surface area contributed by atoms with Crippen LogP contribution in [-0.2, 0) is 22.5 Å². The molecule has 1 aromatic rings. The van der Waals surface area contributed by atoms with Crippen LogP contribution < -0.4 is 0 Å². The lowest BCUT2D eigenvalue weighted by atomic mass is 9.96. The molecule has 0 spiro atoms. The van der Waals surface area contributed by atoms with Crippen molar-refractivity contribution in [1.29, 1.82) is 0 Å². The summed E-state index contributed by atoms with van der Waals surface area (Å²) in [5, 5.41) is 0. The van der Waals surface area contributed by atoms with Crippen molar-refractivity contribution < 1.29 is 19.1 Å². The van der Waals surface area contributed by atoms with Crippen LogP contribution in [0, 0.1) is 0 Å². The van der Waals surface area contributed by atoms with Crippen molar-refractivity contribution in [2.24, 2.45) is 0 Å². The van der Waals surface area contributed by atoms with Crippen molar-refractivity contribution in [2.45, 2.75) is 31.8 Å². The van der Waals surface area contributed by atoms with E-state index in [-0.39, 0.29) is 17.9 Å². The molecule has 8 heteroatoms. The van der Waals surface area contributed by atoms with E-state index in [1.54, 1.807) is 41.2 Å². The fraction of sp³-hybridized carbons (Fsp3) is 0.556. The average molecular weight is 360 g/mol. The fourth-order valence-electron chi connectivity index (χ4n) is 3.67. The fourth-order valence-corrected chi connectivity index (χ4v) is 3.67. The Morgan fingerprint density at radius 1 is 1.23 bits per heavy atom. The number of hydrogen-bond acceptors (Lipinski definition) is 5. The summed E-state index contributed by atoms with van der Waals surface area (Å²) in [5.41, 5.74) is 2.32. The second kappa shape index (κ2) is 7.31. The molecule has 1 saturated heterocycles. The highest BCUT2D eigenvalue weighted by Crippen LogP contribution is 2.26. The summed E-state index contributed by atoms with van der Waals surface area (Å²) in [4.78, 5) is 46.3. The topological polar surface area (TPSA) is 83.0 Å². The molecule has 0 N–H and O–H groups in total. The highest BCUT2D eigenvalue weighted by molar-refractivity contribution is 5.98. The van der Waals surface area contributed by atoms with Gasteiger partial charge in [0.2, 0.25) is 0 Å². The minimum absolute atomic E-state index is 0.0577. The van der Waals surface area contributed by atoms with Crippen LogP contribution in [0.4, 0.5) is 4.79 Å². The molecular weight excluding hydrogens is 336 g/mol. The molecule has 140 valence electrons. The lowest BCUT2D eigenvalue weighted by Crippen LogP contribution is -2.44. The van der Waals surface area contributed by atoms with E-state index in [1.165, 1.54) is 7.11 Å². The van der Waals surface area contributed by atoms with Gasteiger partial charge < -0.3 is 19.4 Å². The summed E-state index contributed by atoms with van der Waals surface area (Å²) in [7, 11) is 4.78. The average Bonchev–Trinajstić information content (AvgIpc) is 3.14. The molecule has 1 atom stereocenters. The summed E-state index contributed by atoms with van der Waals surface area (Å²) in [6.07, 6.45) is 5.26. The molecule has 0 bridgehead atoms. The number of rotatable bonds is 2. The number of carbonyl (C=O) groups is 3. The van der Waals surface area contributed by atoms with Crippen LogP contribution in [0.3, 0.4) is 0 Å². The minimum Gasteiger partial charge on any atom is -0.467 e. The summed E-state index contributed by atoms with van der Waals surface area (Å²) in [6.45, 7) is 1.52. The zero-order valence-electron chi connectivity index (χ0n) is 15.4. The van der Waals surface area contributed by atoms with Gasteiger partial charge in [0.05, 0.1) is 12.7 Å². The quantitative estimate of drug-likeness (QED) is 0.732. The summed E-state index contributed by atoms with van der Waals surface area (Å²) in [5.74, 6) is -0.564. The maximum atomic E-state index is 13.1. The van der Waals surface area contributed by atoms with Crippen LogP contribution in [0.1, 0.15) is 34.3 Å². The van der Waals surface area contributed by atoms with Crippen LogP contribution in [0.5, 0.6) is 0 Å². The smallest absolute Gasteiger partial charge is 0.328 e. The van der Waals surface area contributed by atoms with E-state index >= 15 is 0 Å². The van der Waals surface area contributed by atoms with E-state index in [4.69, 9.17) is 4.74 Å². The number of hydrogen-bond donors (Lipinski definition) is 0. The van der Waals surface area contributed by atoms with Crippen molar-refractivity contribution in [1.82, 2.24) is 19.7 Å². The van der Waals surface area contributed by atoms with Crippen molar-refractivity contribution in [3.05, 3.63) is 29.1 Å². The first-order valence-corrected chi connectivity index (χ1v) is 8.74. The van der Waals surface area contributed by atoms with Crippen LogP contribution in [0.2, 0.25) is 0 Å². The predicted molar refractivity (Wildman–Crippen MR) is 93.5 cm³/mol. The number of fused-ring (bicyclic) bond motifs is 1. The number of nitrogens with zero attached hydrogens (tertiary/aromatic N) is 4.